The molecule has 3 N–H and O–H groups in total. The van der Waals surface area contributed by atoms with E-state index in [1.54, 1.807) is 25.6 Å². The Morgan fingerprint density at radius 2 is 2.25 bits per heavy atom. The van der Waals surface area contributed by atoms with Crippen LogP contribution in [0.3, 0.4) is 0 Å². The van der Waals surface area contributed by atoms with Crippen molar-refractivity contribution in [2.24, 2.45) is 5.84 Å². The molecule has 0 bridgehead atoms. The van der Waals surface area contributed by atoms with E-state index in [1.807, 2.05) is 6.07 Å². The van der Waals surface area contributed by atoms with E-state index in [2.05, 4.69) is 26.3 Å². The van der Waals surface area contributed by atoms with Crippen LogP contribution in [0.1, 0.15) is 17.2 Å². The highest BCUT2D eigenvalue weighted by atomic mass is 79.9. The van der Waals surface area contributed by atoms with Gasteiger partial charge < -0.3 is 4.74 Å². The summed E-state index contributed by atoms with van der Waals surface area (Å²) in [7, 11) is 1.58. The van der Waals surface area contributed by atoms with Gasteiger partial charge in [0.15, 0.2) is 0 Å². The molecule has 6 heteroatoms. The third kappa shape index (κ3) is 3.33. The van der Waals surface area contributed by atoms with Gasteiger partial charge in [-0.25, -0.2) is 4.39 Å². The molecule has 106 valence electrons. The highest BCUT2D eigenvalue weighted by Gasteiger charge is 2.17. The van der Waals surface area contributed by atoms with Crippen molar-refractivity contribution in [3.8, 4) is 5.75 Å². The molecule has 2 rings (SSSR count). The molecule has 0 saturated heterocycles. The second-order valence-corrected chi connectivity index (χ2v) is 5.13. The summed E-state index contributed by atoms with van der Waals surface area (Å²) in [5, 5.41) is 0. The van der Waals surface area contributed by atoms with Crippen LogP contribution >= 0.6 is 15.9 Å². The molecule has 1 unspecified atom stereocenters. The number of ether oxygens (including phenoxy) is 1. The summed E-state index contributed by atoms with van der Waals surface area (Å²) >= 11 is 3.42. The lowest BCUT2D eigenvalue weighted by Crippen LogP contribution is -2.30. The molecule has 0 aliphatic rings. The minimum atomic E-state index is -0.277. The predicted octanol–water partition coefficient (Wildman–Crippen LogP) is 2.74. The third-order valence-electron chi connectivity index (χ3n) is 3.04. The first-order valence-electron chi connectivity index (χ1n) is 6.03. The molecule has 20 heavy (non-hydrogen) atoms. The fourth-order valence-electron chi connectivity index (χ4n) is 2.03. The summed E-state index contributed by atoms with van der Waals surface area (Å²) in [5.41, 5.74) is 4.44. The van der Waals surface area contributed by atoms with E-state index in [9.17, 15) is 4.39 Å². The highest BCUT2D eigenvalue weighted by Crippen LogP contribution is 2.28. The first-order valence-corrected chi connectivity index (χ1v) is 6.83. The minimum absolute atomic E-state index is 0.203. The molecule has 2 aromatic rings. The Labute approximate surface area is 125 Å². The monoisotopic (exact) mass is 339 g/mol. The lowest BCUT2D eigenvalue weighted by molar-refractivity contribution is 0.397. The number of nitrogens with one attached hydrogen (secondary N) is 1. The van der Waals surface area contributed by atoms with Crippen molar-refractivity contribution in [1.29, 1.82) is 0 Å². The van der Waals surface area contributed by atoms with Gasteiger partial charge in [-0.1, -0.05) is 15.9 Å². The van der Waals surface area contributed by atoms with Crippen molar-refractivity contribution in [3.63, 3.8) is 0 Å². The summed E-state index contributed by atoms with van der Waals surface area (Å²) in [6, 6.07) is 6.21. The summed E-state index contributed by atoms with van der Waals surface area (Å²) in [6.45, 7) is 0. The van der Waals surface area contributed by atoms with Crippen molar-refractivity contribution in [3.05, 3.63) is 58.1 Å². The van der Waals surface area contributed by atoms with Crippen molar-refractivity contribution in [2.45, 2.75) is 12.5 Å². The van der Waals surface area contributed by atoms with Crippen LogP contribution in [-0.4, -0.2) is 12.1 Å². The van der Waals surface area contributed by atoms with E-state index in [-0.39, 0.29) is 11.9 Å². The molecule has 0 spiro atoms. The van der Waals surface area contributed by atoms with Crippen LogP contribution in [0.2, 0.25) is 0 Å². The van der Waals surface area contributed by atoms with Gasteiger partial charge in [0.05, 0.1) is 19.3 Å². The van der Waals surface area contributed by atoms with Crippen LogP contribution in [0.15, 0.2) is 41.1 Å². The molecule has 4 nitrogen and oxygen atoms in total. The SMILES string of the molecule is COc1cnccc1C(Cc1cc(F)ccc1Br)NN. The summed E-state index contributed by atoms with van der Waals surface area (Å²) in [4.78, 5) is 4.01. The first kappa shape index (κ1) is 14.9. The minimum Gasteiger partial charge on any atom is -0.495 e. The van der Waals surface area contributed by atoms with Gasteiger partial charge >= 0.3 is 0 Å². The van der Waals surface area contributed by atoms with Gasteiger partial charge in [-0.3, -0.25) is 16.3 Å². The number of benzene rings is 1. The van der Waals surface area contributed by atoms with Crippen LogP contribution < -0.4 is 16.0 Å². The molecule has 0 saturated carbocycles. The number of aromatic nitrogens is 1. The van der Waals surface area contributed by atoms with Crippen LogP contribution in [0, 0.1) is 5.82 Å². The van der Waals surface area contributed by atoms with Gasteiger partial charge in [-0.2, -0.15) is 0 Å². The van der Waals surface area contributed by atoms with E-state index in [0.29, 0.717) is 12.2 Å². The van der Waals surface area contributed by atoms with E-state index in [0.717, 1.165) is 15.6 Å². The molecular formula is C14H15BrFN3O. The Balaban J connectivity index is 2.31. The normalized spacial score (nSPS) is 12.2. The number of pyridine rings is 1. The van der Waals surface area contributed by atoms with E-state index >= 15 is 0 Å². The Bertz CT molecular complexity index is 594. The van der Waals surface area contributed by atoms with Crippen molar-refractivity contribution in [2.75, 3.05) is 7.11 Å². The van der Waals surface area contributed by atoms with Gasteiger partial charge in [0, 0.05) is 16.2 Å². The third-order valence-corrected chi connectivity index (χ3v) is 3.82. The topological polar surface area (TPSA) is 60.2 Å². The van der Waals surface area contributed by atoms with Gasteiger partial charge in [0.25, 0.3) is 0 Å². The zero-order valence-electron chi connectivity index (χ0n) is 10.9. The van der Waals surface area contributed by atoms with E-state index in [4.69, 9.17) is 10.6 Å². The second kappa shape index (κ2) is 6.78. The summed E-state index contributed by atoms with van der Waals surface area (Å²) < 4.78 is 19.5. The number of halogens is 2. The predicted molar refractivity (Wildman–Crippen MR) is 78.7 cm³/mol. The summed E-state index contributed by atoms with van der Waals surface area (Å²) in [5.74, 6) is 5.99. The lowest BCUT2D eigenvalue weighted by Gasteiger charge is -2.19. The zero-order valence-corrected chi connectivity index (χ0v) is 12.5. The molecule has 1 atom stereocenters. The second-order valence-electron chi connectivity index (χ2n) is 4.28. The molecule has 0 radical (unpaired) electrons. The molecule has 0 aliphatic heterocycles. The lowest BCUT2D eigenvalue weighted by atomic mass is 9.99. The largest absolute Gasteiger partial charge is 0.495 e. The molecule has 0 aliphatic carbocycles. The van der Waals surface area contributed by atoms with E-state index in [1.165, 1.54) is 12.1 Å². The highest BCUT2D eigenvalue weighted by molar-refractivity contribution is 9.10. The van der Waals surface area contributed by atoms with Crippen molar-refractivity contribution >= 4 is 15.9 Å². The van der Waals surface area contributed by atoms with E-state index < -0.39 is 0 Å². The number of hydrogen-bond acceptors (Lipinski definition) is 4. The number of hydrogen-bond donors (Lipinski definition) is 2. The Hall–Kier alpha value is -1.50. The van der Waals surface area contributed by atoms with Crippen molar-refractivity contribution < 1.29 is 9.13 Å². The number of nitrogens with zero attached hydrogens (tertiary/aromatic N) is 1. The van der Waals surface area contributed by atoms with Gasteiger partial charge in [-0.15, -0.1) is 0 Å². The van der Waals surface area contributed by atoms with Gasteiger partial charge in [-0.05, 0) is 36.2 Å². The Kier molecular flexibility index (Phi) is 5.05. The molecule has 1 aromatic heterocycles. The van der Waals surface area contributed by atoms with Gasteiger partial charge in [0.2, 0.25) is 0 Å². The average Bonchev–Trinajstić information content (AvgIpc) is 2.48. The standard InChI is InChI=1S/C14H15BrFN3O/c1-20-14-8-18-5-4-11(14)13(19-17)7-9-6-10(16)2-3-12(9)15/h2-6,8,13,19H,7,17H2,1H3. The fraction of sp³-hybridized carbons (Fsp3) is 0.214. The average molecular weight is 340 g/mol. The smallest absolute Gasteiger partial charge is 0.141 e. The Morgan fingerprint density at radius 1 is 1.45 bits per heavy atom. The van der Waals surface area contributed by atoms with Gasteiger partial charge in [0.1, 0.15) is 11.6 Å². The maximum absolute atomic E-state index is 13.3. The molecule has 0 fully saturated rings. The fourth-order valence-corrected chi connectivity index (χ4v) is 2.44. The number of rotatable bonds is 5. The quantitative estimate of drug-likeness (QED) is 0.649. The first-order chi connectivity index (χ1) is 9.65. The van der Waals surface area contributed by atoms with Crippen LogP contribution in [-0.2, 0) is 6.42 Å². The maximum atomic E-state index is 13.3. The maximum Gasteiger partial charge on any atom is 0.141 e. The van der Waals surface area contributed by atoms with Crippen LogP contribution in [0.25, 0.3) is 0 Å². The van der Waals surface area contributed by atoms with Crippen molar-refractivity contribution in [1.82, 2.24) is 10.4 Å². The van der Waals surface area contributed by atoms with Crippen LogP contribution in [0.5, 0.6) is 5.75 Å². The molecule has 1 aromatic carbocycles. The number of nitrogens with two attached hydrogens (primary N) is 1. The van der Waals surface area contributed by atoms with Crippen LogP contribution in [0.4, 0.5) is 4.39 Å². The Morgan fingerprint density at radius 3 is 2.95 bits per heavy atom. The number of hydrazine groups is 1. The molecule has 0 amide bonds. The molecule has 1 heterocycles. The summed E-state index contributed by atoms with van der Waals surface area (Å²) in [6.07, 6.45) is 3.82. The number of methoxy groups -OCH3 is 1. The molecular weight excluding hydrogens is 325 g/mol. The zero-order chi connectivity index (χ0) is 14.5.